The second-order valence-electron chi connectivity index (χ2n) is 6.52. The van der Waals surface area contributed by atoms with Crippen LogP contribution in [-0.2, 0) is 12.8 Å². The van der Waals surface area contributed by atoms with Gasteiger partial charge in [0.2, 0.25) is 5.88 Å². The highest BCUT2D eigenvalue weighted by Crippen LogP contribution is 2.24. The zero-order valence-electron chi connectivity index (χ0n) is 14.8. The largest absolute Gasteiger partial charge is 0.476 e. The fraction of sp³-hybridized carbons (Fsp3) is 0.421. The van der Waals surface area contributed by atoms with Crippen molar-refractivity contribution in [3.63, 3.8) is 0 Å². The number of likely N-dealkylation sites (N-methyl/N-ethyl adjacent to an activating group) is 1. The quantitative estimate of drug-likeness (QED) is 0.875. The monoisotopic (exact) mass is 340 g/mol. The minimum Gasteiger partial charge on any atom is -0.476 e. The highest BCUT2D eigenvalue weighted by atomic mass is 16.5. The molecule has 0 radical (unpaired) electrons. The second-order valence-corrected chi connectivity index (χ2v) is 6.52. The second kappa shape index (κ2) is 8.07. The maximum absolute atomic E-state index is 12.7. The molecular weight excluding hydrogens is 316 g/mol. The summed E-state index contributed by atoms with van der Waals surface area (Å²) >= 11 is 0. The molecule has 2 aromatic heterocycles. The topological polar surface area (TPSA) is 67.3 Å². The Morgan fingerprint density at radius 2 is 2.12 bits per heavy atom. The normalized spacial score (nSPS) is 13.4. The number of anilines is 1. The van der Waals surface area contributed by atoms with Gasteiger partial charge in [-0.2, -0.15) is 0 Å². The molecule has 6 heteroatoms. The van der Waals surface area contributed by atoms with Gasteiger partial charge in [0.1, 0.15) is 6.61 Å². The lowest BCUT2D eigenvalue weighted by atomic mass is 9.90. The summed E-state index contributed by atoms with van der Waals surface area (Å²) in [6, 6.07) is 3.51. The highest BCUT2D eigenvalue weighted by Gasteiger charge is 2.18. The van der Waals surface area contributed by atoms with E-state index >= 15 is 0 Å². The summed E-state index contributed by atoms with van der Waals surface area (Å²) in [7, 11) is 3.98. The number of aryl methyl sites for hydroxylation is 1. The van der Waals surface area contributed by atoms with Gasteiger partial charge in [0.25, 0.3) is 5.91 Å². The number of ether oxygens (including phenoxy) is 1. The molecule has 2 aromatic rings. The predicted octanol–water partition coefficient (Wildman–Crippen LogP) is 2.55. The third-order valence-electron chi connectivity index (χ3n) is 4.30. The van der Waals surface area contributed by atoms with Gasteiger partial charge in [-0.25, -0.2) is 4.98 Å². The molecule has 0 spiro atoms. The molecule has 0 bridgehead atoms. The smallest absolute Gasteiger partial charge is 0.257 e. The molecule has 0 aromatic carbocycles. The summed E-state index contributed by atoms with van der Waals surface area (Å²) in [5.74, 6) is 0.379. The predicted molar refractivity (Wildman–Crippen MR) is 97.1 cm³/mol. The summed E-state index contributed by atoms with van der Waals surface area (Å²) in [5, 5.41) is 2.94. The Bertz CT molecular complexity index is 746. The van der Waals surface area contributed by atoms with Crippen LogP contribution in [0, 0.1) is 0 Å². The van der Waals surface area contributed by atoms with Crippen LogP contribution in [0.2, 0.25) is 0 Å². The summed E-state index contributed by atoms with van der Waals surface area (Å²) in [4.78, 5) is 23.1. The van der Waals surface area contributed by atoms with E-state index in [9.17, 15) is 4.79 Å². The van der Waals surface area contributed by atoms with E-state index in [1.807, 2.05) is 25.2 Å². The third kappa shape index (κ3) is 4.54. The van der Waals surface area contributed by atoms with Crippen molar-refractivity contribution in [3.05, 3.63) is 47.4 Å². The summed E-state index contributed by atoms with van der Waals surface area (Å²) in [5.41, 5.74) is 3.67. The molecule has 1 N–H and O–H groups in total. The molecule has 0 aliphatic heterocycles. The van der Waals surface area contributed by atoms with Crippen molar-refractivity contribution < 1.29 is 9.53 Å². The van der Waals surface area contributed by atoms with Crippen molar-refractivity contribution in [1.82, 2.24) is 14.9 Å². The molecule has 2 heterocycles. The van der Waals surface area contributed by atoms with Crippen LogP contribution < -0.4 is 10.1 Å². The number of carbonyl (C=O) groups excluding carboxylic acids is 1. The average molecular weight is 340 g/mol. The zero-order chi connectivity index (χ0) is 17.6. The molecule has 0 saturated carbocycles. The SMILES string of the molecule is CN(C)CCOc1cc(NC(=O)c2cncc3c2CCCC3)ccn1. The Morgan fingerprint density at radius 3 is 2.96 bits per heavy atom. The molecule has 3 rings (SSSR count). The van der Waals surface area contributed by atoms with Gasteiger partial charge >= 0.3 is 0 Å². The first-order chi connectivity index (χ1) is 12.1. The number of hydrogen-bond acceptors (Lipinski definition) is 5. The molecule has 0 unspecified atom stereocenters. The van der Waals surface area contributed by atoms with Crippen molar-refractivity contribution in [2.45, 2.75) is 25.7 Å². The number of hydrogen-bond donors (Lipinski definition) is 1. The van der Waals surface area contributed by atoms with E-state index in [-0.39, 0.29) is 5.91 Å². The van der Waals surface area contributed by atoms with Gasteiger partial charge in [-0.1, -0.05) is 0 Å². The standard InChI is InChI=1S/C19H24N4O2/c1-23(2)9-10-25-18-11-15(7-8-21-18)22-19(24)17-13-20-12-14-5-3-4-6-16(14)17/h7-8,11-13H,3-6,9-10H2,1-2H3,(H,21,22,24). The molecule has 0 fully saturated rings. The number of fused-ring (bicyclic) bond motifs is 1. The van der Waals surface area contributed by atoms with Crippen LogP contribution in [0.1, 0.15) is 34.3 Å². The lowest BCUT2D eigenvalue weighted by Gasteiger charge is -2.18. The molecule has 25 heavy (non-hydrogen) atoms. The van der Waals surface area contributed by atoms with E-state index in [2.05, 4.69) is 15.3 Å². The lowest BCUT2D eigenvalue weighted by Crippen LogP contribution is -2.20. The fourth-order valence-electron chi connectivity index (χ4n) is 2.95. The third-order valence-corrected chi connectivity index (χ3v) is 4.30. The van der Waals surface area contributed by atoms with E-state index in [1.54, 1.807) is 24.5 Å². The van der Waals surface area contributed by atoms with Crippen LogP contribution in [0.15, 0.2) is 30.7 Å². The number of aromatic nitrogens is 2. The Labute approximate surface area is 148 Å². The van der Waals surface area contributed by atoms with Crippen LogP contribution >= 0.6 is 0 Å². The molecule has 132 valence electrons. The maximum Gasteiger partial charge on any atom is 0.257 e. The highest BCUT2D eigenvalue weighted by molar-refractivity contribution is 6.05. The van der Waals surface area contributed by atoms with E-state index in [0.717, 1.165) is 37.8 Å². The first kappa shape index (κ1) is 17.4. The Hall–Kier alpha value is -2.47. The van der Waals surface area contributed by atoms with Crippen molar-refractivity contribution in [2.75, 3.05) is 32.6 Å². The molecule has 1 aliphatic carbocycles. The van der Waals surface area contributed by atoms with Gasteiger partial charge in [-0.05, 0) is 57.0 Å². The van der Waals surface area contributed by atoms with Gasteiger partial charge in [0, 0.05) is 36.9 Å². The number of nitrogens with one attached hydrogen (secondary N) is 1. The Kier molecular flexibility index (Phi) is 5.60. The summed E-state index contributed by atoms with van der Waals surface area (Å²) in [6.07, 6.45) is 9.41. The van der Waals surface area contributed by atoms with Gasteiger partial charge in [-0.3, -0.25) is 9.78 Å². The van der Waals surface area contributed by atoms with Crippen LogP contribution in [0.4, 0.5) is 5.69 Å². The number of carbonyl (C=O) groups is 1. The van der Waals surface area contributed by atoms with Crippen molar-refractivity contribution in [1.29, 1.82) is 0 Å². The molecular formula is C19H24N4O2. The van der Waals surface area contributed by atoms with Crippen LogP contribution in [0.3, 0.4) is 0 Å². The average Bonchev–Trinajstić information content (AvgIpc) is 2.61. The number of amides is 1. The maximum atomic E-state index is 12.7. The van der Waals surface area contributed by atoms with Gasteiger partial charge in [0.15, 0.2) is 0 Å². The number of nitrogens with zero attached hydrogens (tertiary/aromatic N) is 3. The lowest BCUT2D eigenvalue weighted by molar-refractivity contribution is 0.102. The number of rotatable bonds is 6. The fourth-order valence-corrected chi connectivity index (χ4v) is 2.95. The van der Waals surface area contributed by atoms with E-state index < -0.39 is 0 Å². The molecule has 0 atom stereocenters. The summed E-state index contributed by atoms with van der Waals surface area (Å²) < 4.78 is 5.62. The minimum atomic E-state index is -0.128. The molecule has 6 nitrogen and oxygen atoms in total. The van der Waals surface area contributed by atoms with E-state index in [0.29, 0.717) is 23.7 Å². The zero-order valence-corrected chi connectivity index (χ0v) is 14.8. The summed E-state index contributed by atoms with van der Waals surface area (Å²) in [6.45, 7) is 1.35. The van der Waals surface area contributed by atoms with Crippen LogP contribution in [0.25, 0.3) is 0 Å². The van der Waals surface area contributed by atoms with Crippen LogP contribution in [0.5, 0.6) is 5.88 Å². The molecule has 1 amide bonds. The number of pyridine rings is 2. The van der Waals surface area contributed by atoms with E-state index in [1.165, 1.54) is 5.56 Å². The van der Waals surface area contributed by atoms with Crippen molar-refractivity contribution in [2.24, 2.45) is 0 Å². The first-order valence-electron chi connectivity index (χ1n) is 8.64. The van der Waals surface area contributed by atoms with Gasteiger partial charge in [-0.15, -0.1) is 0 Å². The first-order valence-corrected chi connectivity index (χ1v) is 8.64. The molecule has 1 aliphatic rings. The van der Waals surface area contributed by atoms with E-state index in [4.69, 9.17) is 4.74 Å². The minimum absolute atomic E-state index is 0.128. The van der Waals surface area contributed by atoms with Crippen molar-refractivity contribution in [3.8, 4) is 5.88 Å². The van der Waals surface area contributed by atoms with Gasteiger partial charge in [0.05, 0.1) is 5.56 Å². The van der Waals surface area contributed by atoms with Crippen LogP contribution in [-0.4, -0.2) is 48.0 Å². The molecule has 0 saturated heterocycles. The Balaban J connectivity index is 1.69. The van der Waals surface area contributed by atoms with Crippen molar-refractivity contribution >= 4 is 11.6 Å². The van der Waals surface area contributed by atoms with Gasteiger partial charge < -0.3 is 15.0 Å². The Morgan fingerprint density at radius 1 is 1.28 bits per heavy atom.